The molecule has 0 saturated carbocycles. The van der Waals surface area contributed by atoms with Crippen molar-refractivity contribution in [2.45, 2.75) is 45.9 Å². The molecule has 0 amide bonds. The molecule has 4 heteroatoms. The average molecular weight is 254 g/mol. The molecule has 1 atom stereocenters. The highest BCUT2D eigenvalue weighted by Crippen LogP contribution is 2.13. The Labute approximate surface area is 110 Å². The molecule has 1 aromatic heterocycles. The fourth-order valence-corrected chi connectivity index (χ4v) is 1.98. The maximum atomic E-state index is 10.3. The number of aliphatic hydroxyl groups is 1. The van der Waals surface area contributed by atoms with Crippen molar-refractivity contribution in [3.05, 3.63) is 23.7 Å². The molecule has 18 heavy (non-hydrogen) atoms. The normalized spacial score (nSPS) is 15.3. The molecule has 0 radical (unpaired) electrons. The highest BCUT2D eigenvalue weighted by atomic mass is 16.3. The summed E-state index contributed by atoms with van der Waals surface area (Å²) >= 11 is 0. The zero-order valence-electron chi connectivity index (χ0n) is 12.2. The molecular weight excluding hydrogens is 228 g/mol. The number of nitrogens with zero attached hydrogens (tertiary/aromatic N) is 1. The van der Waals surface area contributed by atoms with Crippen LogP contribution in [-0.4, -0.2) is 41.8 Å². The van der Waals surface area contributed by atoms with Crippen molar-refractivity contribution in [1.82, 2.24) is 10.2 Å². The average Bonchev–Trinajstić information content (AvgIpc) is 2.61. The van der Waals surface area contributed by atoms with Crippen LogP contribution in [0.1, 0.15) is 32.1 Å². The van der Waals surface area contributed by atoms with Gasteiger partial charge >= 0.3 is 0 Å². The van der Waals surface area contributed by atoms with Crippen LogP contribution in [0.4, 0.5) is 0 Å². The summed E-state index contributed by atoms with van der Waals surface area (Å²) in [7, 11) is 2.01. The number of furan rings is 1. The Morgan fingerprint density at radius 1 is 1.50 bits per heavy atom. The first-order chi connectivity index (χ1) is 8.30. The molecule has 1 aromatic rings. The van der Waals surface area contributed by atoms with Crippen LogP contribution in [-0.2, 0) is 6.54 Å². The monoisotopic (exact) mass is 254 g/mol. The second-order valence-corrected chi connectivity index (χ2v) is 5.71. The Morgan fingerprint density at radius 3 is 2.67 bits per heavy atom. The summed E-state index contributed by atoms with van der Waals surface area (Å²) in [4.78, 5) is 2.11. The van der Waals surface area contributed by atoms with Gasteiger partial charge in [0.2, 0.25) is 0 Å². The topological polar surface area (TPSA) is 48.6 Å². The van der Waals surface area contributed by atoms with Gasteiger partial charge in [-0.3, -0.25) is 4.90 Å². The van der Waals surface area contributed by atoms with Gasteiger partial charge in [-0.25, -0.2) is 0 Å². The Kier molecular flexibility index (Phi) is 5.38. The van der Waals surface area contributed by atoms with E-state index in [2.05, 4.69) is 24.1 Å². The lowest BCUT2D eigenvalue weighted by Crippen LogP contribution is -2.47. The maximum absolute atomic E-state index is 10.3. The molecule has 4 nitrogen and oxygen atoms in total. The lowest BCUT2D eigenvalue weighted by atomic mass is 10.1. The van der Waals surface area contributed by atoms with Crippen molar-refractivity contribution in [3.63, 3.8) is 0 Å². The van der Waals surface area contributed by atoms with Gasteiger partial charge in [-0.2, -0.15) is 0 Å². The fraction of sp³-hybridized carbons (Fsp3) is 0.714. The van der Waals surface area contributed by atoms with Crippen molar-refractivity contribution >= 4 is 0 Å². The number of nitrogens with one attached hydrogen (secondary N) is 1. The molecular formula is C14H26N2O2. The highest BCUT2D eigenvalue weighted by molar-refractivity contribution is 5.15. The predicted molar refractivity (Wildman–Crippen MR) is 73.5 cm³/mol. The van der Waals surface area contributed by atoms with Gasteiger partial charge in [0.05, 0.1) is 11.9 Å². The van der Waals surface area contributed by atoms with Crippen LogP contribution in [0.25, 0.3) is 0 Å². The standard InChI is InChI=1S/C14H26N2O2/c1-11(2)15-9-14(4,17)10-16(5)8-13-6-7-18-12(13)3/h6-7,11,15,17H,8-10H2,1-5H3. The van der Waals surface area contributed by atoms with Crippen LogP contribution < -0.4 is 5.32 Å². The quantitative estimate of drug-likeness (QED) is 0.778. The van der Waals surface area contributed by atoms with Crippen molar-refractivity contribution in [2.24, 2.45) is 0 Å². The minimum Gasteiger partial charge on any atom is -0.469 e. The van der Waals surface area contributed by atoms with E-state index >= 15 is 0 Å². The largest absolute Gasteiger partial charge is 0.469 e. The minimum absolute atomic E-state index is 0.387. The van der Waals surface area contributed by atoms with Gasteiger partial charge < -0.3 is 14.8 Å². The van der Waals surface area contributed by atoms with Crippen molar-refractivity contribution < 1.29 is 9.52 Å². The van der Waals surface area contributed by atoms with E-state index in [1.54, 1.807) is 6.26 Å². The van der Waals surface area contributed by atoms with Gasteiger partial charge in [-0.05, 0) is 27.0 Å². The summed E-state index contributed by atoms with van der Waals surface area (Å²) in [5, 5.41) is 13.6. The second kappa shape index (κ2) is 6.36. The zero-order chi connectivity index (χ0) is 13.8. The molecule has 0 fully saturated rings. The van der Waals surface area contributed by atoms with E-state index in [1.165, 1.54) is 5.56 Å². The molecule has 0 aliphatic heterocycles. The second-order valence-electron chi connectivity index (χ2n) is 5.71. The Hall–Kier alpha value is -0.840. The van der Waals surface area contributed by atoms with Gasteiger partial charge in [0, 0.05) is 31.2 Å². The van der Waals surface area contributed by atoms with E-state index in [4.69, 9.17) is 4.42 Å². The lowest BCUT2D eigenvalue weighted by molar-refractivity contribution is 0.0239. The van der Waals surface area contributed by atoms with Crippen LogP contribution in [0, 0.1) is 6.92 Å². The zero-order valence-corrected chi connectivity index (χ0v) is 12.2. The molecule has 0 bridgehead atoms. The molecule has 0 aromatic carbocycles. The third-order valence-electron chi connectivity index (χ3n) is 2.91. The number of hydrogen-bond acceptors (Lipinski definition) is 4. The summed E-state index contributed by atoms with van der Waals surface area (Å²) in [5.74, 6) is 0.946. The molecule has 104 valence electrons. The van der Waals surface area contributed by atoms with E-state index in [9.17, 15) is 5.11 Å². The van der Waals surface area contributed by atoms with Crippen LogP contribution in [0.3, 0.4) is 0 Å². The SMILES string of the molecule is Cc1occc1CN(C)CC(C)(O)CNC(C)C. The van der Waals surface area contributed by atoms with Crippen LogP contribution in [0.5, 0.6) is 0 Å². The molecule has 0 saturated heterocycles. The van der Waals surface area contributed by atoms with Gasteiger partial charge in [0.1, 0.15) is 5.76 Å². The first kappa shape index (κ1) is 15.2. The Morgan fingerprint density at radius 2 is 2.17 bits per heavy atom. The summed E-state index contributed by atoms with van der Waals surface area (Å²) in [6, 6.07) is 2.37. The van der Waals surface area contributed by atoms with E-state index < -0.39 is 5.60 Å². The predicted octanol–water partition coefficient (Wildman–Crippen LogP) is 1.77. The lowest BCUT2D eigenvalue weighted by Gasteiger charge is -2.30. The van der Waals surface area contributed by atoms with E-state index in [0.717, 1.165) is 12.3 Å². The van der Waals surface area contributed by atoms with Crippen molar-refractivity contribution in [2.75, 3.05) is 20.1 Å². The molecule has 2 N–H and O–H groups in total. The number of hydrogen-bond donors (Lipinski definition) is 2. The molecule has 0 spiro atoms. The number of likely N-dealkylation sites (N-methyl/N-ethyl adjacent to an activating group) is 1. The molecule has 1 unspecified atom stereocenters. The Balaban J connectivity index is 2.43. The summed E-state index contributed by atoms with van der Waals surface area (Å²) < 4.78 is 5.27. The van der Waals surface area contributed by atoms with Gasteiger partial charge in [0.25, 0.3) is 0 Å². The summed E-state index contributed by atoms with van der Waals surface area (Å²) in [6.07, 6.45) is 1.71. The van der Waals surface area contributed by atoms with E-state index in [1.807, 2.05) is 27.0 Å². The fourth-order valence-electron chi connectivity index (χ4n) is 1.98. The molecule has 0 aliphatic carbocycles. The van der Waals surface area contributed by atoms with Crippen LogP contribution >= 0.6 is 0 Å². The van der Waals surface area contributed by atoms with Crippen LogP contribution in [0.2, 0.25) is 0 Å². The highest BCUT2D eigenvalue weighted by Gasteiger charge is 2.22. The number of aryl methyl sites for hydroxylation is 1. The van der Waals surface area contributed by atoms with E-state index in [-0.39, 0.29) is 0 Å². The van der Waals surface area contributed by atoms with E-state index in [0.29, 0.717) is 19.1 Å². The maximum Gasteiger partial charge on any atom is 0.105 e. The molecule has 0 aliphatic rings. The third kappa shape index (κ3) is 5.21. The van der Waals surface area contributed by atoms with Crippen molar-refractivity contribution in [3.8, 4) is 0 Å². The van der Waals surface area contributed by atoms with Gasteiger partial charge in [-0.15, -0.1) is 0 Å². The third-order valence-corrected chi connectivity index (χ3v) is 2.91. The first-order valence-corrected chi connectivity index (χ1v) is 6.47. The minimum atomic E-state index is -0.726. The molecule has 1 rings (SSSR count). The first-order valence-electron chi connectivity index (χ1n) is 6.47. The summed E-state index contributed by atoms with van der Waals surface area (Å²) in [6.45, 7) is 9.99. The smallest absolute Gasteiger partial charge is 0.105 e. The summed E-state index contributed by atoms with van der Waals surface area (Å²) in [5.41, 5.74) is 0.446. The van der Waals surface area contributed by atoms with Crippen molar-refractivity contribution in [1.29, 1.82) is 0 Å². The van der Waals surface area contributed by atoms with Crippen LogP contribution in [0.15, 0.2) is 16.7 Å². The Bertz CT molecular complexity index is 358. The van der Waals surface area contributed by atoms with Gasteiger partial charge in [-0.1, -0.05) is 13.8 Å². The number of rotatable bonds is 7. The molecule has 1 heterocycles. The van der Waals surface area contributed by atoms with Gasteiger partial charge in [0.15, 0.2) is 0 Å².